The molecule has 0 spiro atoms. The summed E-state index contributed by atoms with van der Waals surface area (Å²) in [5.41, 5.74) is -0.420. The van der Waals surface area contributed by atoms with Gasteiger partial charge in [-0.1, -0.05) is 29.3 Å². The van der Waals surface area contributed by atoms with Gasteiger partial charge in [-0.25, -0.2) is 4.98 Å². The molecule has 3 atom stereocenters. The fourth-order valence-electron chi connectivity index (χ4n) is 4.53. The Balaban J connectivity index is 1.45. The summed E-state index contributed by atoms with van der Waals surface area (Å²) in [5, 5.41) is 14.8. The average Bonchev–Trinajstić information content (AvgIpc) is 3.15. The number of hydrogen-bond acceptors (Lipinski definition) is 4. The molecule has 2 saturated heterocycles. The van der Waals surface area contributed by atoms with Crippen molar-refractivity contribution in [1.29, 1.82) is 0 Å². The van der Waals surface area contributed by atoms with Gasteiger partial charge in [-0.2, -0.15) is 0 Å². The van der Waals surface area contributed by atoms with Crippen LogP contribution in [-0.2, 0) is 17.4 Å². The van der Waals surface area contributed by atoms with Gasteiger partial charge in [-0.15, -0.1) is 0 Å². The van der Waals surface area contributed by atoms with E-state index in [0.29, 0.717) is 34.4 Å². The Hall–Kier alpha value is -1.60. The lowest BCUT2D eigenvalue weighted by atomic mass is 9.85. The lowest BCUT2D eigenvalue weighted by Gasteiger charge is -2.43. The van der Waals surface area contributed by atoms with Gasteiger partial charge in [0.25, 0.3) is 0 Å². The topological polar surface area (TPSA) is 70.4 Å². The number of nitrogens with zero attached hydrogens (tertiary/aromatic N) is 3. The zero-order chi connectivity index (χ0) is 19.2. The van der Waals surface area contributed by atoms with Crippen LogP contribution in [0.5, 0.6) is 0 Å². The van der Waals surface area contributed by atoms with Gasteiger partial charge in [0.1, 0.15) is 11.4 Å². The van der Waals surface area contributed by atoms with Crippen molar-refractivity contribution >= 4 is 34.8 Å². The second-order valence-corrected chi connectivity index (χ2v) is 8.29. The predicted molar refractivity (Wildman–Crippen MR) is 105 cm³/mol. The van der Waals surface area contributed by atoms with Crippen LogP contribution in [-0.4, -0.2) is 44.1 Å². The third-order valence-electron chi connectivity index (χ3n) is 5.71. The number of nitrogens with one attached hydrogen (secondary N) is 1. The summed E-state index contributed by atoms with van der Waals surface area (Å²) in [5.74, 6) is 0.577. The quantitative estimate of drug-likeness (QED) is 0.814. The molecular weight excluding hydrogens is 387 g/mol. The Kier molecular flexibility index (Phi) is 4.93. The molecular formula is C19H22Cl2N4O2. The lowest BCUT2D eigenvalue weighted by Crippen LogP contribution is -2.52. The van der Waals surface area contributed by atoms with Crippen LogP contribution in [0.25, 0.3) is 0 Å². The van der Waals surface area contributed by atoms with Crippen LogP contribution in [0.3, 0.4) is 0 Å². The number of aryl methyl sites for hydroxylation is 1. The highest BCUT2D eigenvalue weighted by Crippen LogP contribution is 2.45. The zero-order valence-electron chi connectivity index (χ0n) is 15.0. The molecule has 0 aliphatic carbocycles. The van der Waals surface area contributed by atoms with Crippen molar-refractivity contribution in [2.45, 2.75) is 43.4 Å². The molecule has 8 heteroatoms. The summed E-state index contributed by atoms with van der Waals surface area (Å²) in [4.78, 5) is 19.1. The molecule has 0 saturated carbocycles. The van der Waals surface area contributed by atoms with Gasteiger partial charge in [-0.05, 0) is 37.8 Å². The molecule has 2 aromatic rings. The monoisotopic (exact) mass is 408 g/mol. The van der Waals surface area contributed by atoms with E-state index >= 15 is 0 Å². The van der Waals surface area contributed by atoms with E-state index < -0.39 is 5.60 Å². The molecule has 2 aliphatic heterocycles. The molecule has 0 radical (unpaired) electrons. The molecule has 2 N–H and O–H groups in total. The molecule has 1 amide bonds. The predicted octanol–water partition coefficient (Wildman–Crippen LogP) is 3.18. The molecule has 1 aromatic carbocycles. The highest BCUT2D eigenvalue weighted by Gasteiger charge is 2.50. The SMILES string of the molecule is Cn1ccnc1C1(O)C[C@H]2CC[C@@H](C1)N2CC(=O)Nc1cccc(Cl)c1Cl. The molecule has 2 aliphatic rings. The highest BCUT2D eigenvalue weighted by molar-refractivity contribution is 6.44. The average molecular weight is 409 g/mol. The molecule has 1 unspecified atom stereocenters. The number of fused-ring (bicyclic) bond motifs is 2. The van der Waals surface area contributed by atoms with Crippen molar-refractivity contribution in [1.82, 2.24) is 14.5 Å². The van der Waals surface area contributed by atoms with Crippen molar-refractivity contribution in [3.8, 4) is 0 Å². The largest absolute Gasteiger partial charge is 0.382 e. The Morgan fingerprint density at radius 1 is 1.33 bits per heavy atom. The van der Waals surface area contributed by atoms with E-state index in [0.717, 1.165) is 12.8 Å². The van der Waals surface area contributed by atoms with Crippen molar-refractivity contribution < 1.29 is 9.90 Å². The normalized spacial score (nSPS) is 27.7. The van der Waals surface area contributed by atoms with Crippen LogP contribution in [0, 0.1) is 0 Å². The van der Waals surface area contributed by atoms with Crippen LogP contribution in [0.2, 0.25) is 10.0 Å². The van der Waals surface area contributed by atoms with E-state index in [9.17, 15) is 9.90 Å². The first-order chi connectivity index (χ1) is 12.9. The Morgan fingerprint density at radius 3 is 2.67 bits per heavy atom. The van der Waals surface area contributed by atoms with Gasteiger partial charge in [-0.3, -0.25) is 9.69 Å². The number of carbonyl (C=O) groups excluding carboxylic acids is 1. The third-order valence-corrected chi connectivity index (χ3v) is 6.53. The van der Waals surface area contributed by atoms with Gasteiger partial charge in [0, 0.05) is 31.5 Å². The third kappa shape index (κ3) is 3.47. The van der Waals surface area contributed by atoms with Crippen LogP contribution in [0.1, 0.15) is 31.5 Å². The number of aliphatic hydroxyl groups is 1. The minimum atomic E-state index is -0.937. The number of carbonyl (C=O) groups is 1. The summed E-state index contributed by atoms with van der Waals surface area (Å²) in [6, 6.07) is 5.48. The number of hydrogen-bond donors (Lipinski definition) is 2. The van der Waals surface area contributed by atoms with Crippen molar-refractivity contribution in [3.05, 3.63) is 46.5 Å². The Labute approximate surface area is 168 Å². The van der Waals surface area contributed by atoms with E-state index in [1.165, 1.54) is 0 Å². The number of piperidine rings is 1. The van der Waals surface area contributed by atoms with Crippen molar-refractivity contribution in [2.24, 2.45) is 7.05 Å². The van der Waals surface area contributed by atoms with Gasteiger partial charge < -0.3 is 15.0 Å². The van der Waals surface area contributed by atoms with Crippen LogP contribution >= 0.6 is 23.2 Å². The Bertz CT molecular complexity index is 855. The first-order valence-electron chi connectivity index (χ1n) is 9.07. The molecule has 1 aromatic heterocycles. The van der Waals surface area contributed by atoms with Crippen molar-refractivity contribution in [3.63, 3.8) is 0 Å². The first kappa shape index (κ1) is 18.7. The lowest BCUT2D eigenvalue weighted by molar-refractivity contribution is -0.121. The number of benzene rings is 1. The summed E-state index contributed by atoms with van der Waals surface area (Å²) in [6.45, 7) is 0.273. The summed E-state index contributed by atoms with van der Waals surface area (Å²) in [6.07, 6.45) is 6.68. The van der Waals surface area contributed by atoms with E-state index in [4.69, 9.17) is 23.2 Å². The number of halogens is 2. The van der Waals surface area contributed by atoms with E-state index in [-0.39, 0.29) is 24.5 Å². The van der Waals surface area contributed by atoms with Crippen LogP contribution in [0.15, 0.2) is 30.6 Å². The molecule has 27 heavy (non-hydrogen) atoms. The second kappa shape index (κ2) is 7.09. The highest BCUT2D eigenvalue weighted by atomic mass is 35.5. The smallest absolute Gasteiger partial charge is 0.238 e. The van der Waals surface area contributed by atoms with Gasteiger partial charge in [0.15, 0.2) is 0 Å². The minimum Gasteiger partial charge on any atom is -0.382 e. The van der Waals surface area contributed by atoms with E-state index in [1.54, 1.807) is 24.4 Å². The number of imidazole rings is 1. The maximum absolute atomic E-state index is 12.6. The summed E-state index contributed by atoms with van der Waals surface area (Å²) < 4.78 is 1.88. The standard InChI is InChI=1S/C19H22Cl2N4O2/c1-24-8-7-22-18(24)19(27)9-12-5-6-13(10-19)25(12)11-16(26)23-15-4-2-3-14(20)17(15)21/h2-4,7-8,12-13,27H,5-6,9-11H2,1H3,(H,23,26)/t12-,13+,19?. The van der Waals surface area contributed by atoms with Gasteiger partial charge >= 0.3 is 0 Å². The van der Waals surface area contributed by atoms with Gasteiger partial charge in [0.2, 0.25) is 5.91 Å². The molecule has 144 valence electrons. The van der Waals surface area contributed by atoms with E-state index in [1.807, 2.05) is 17.8 Å². The summed E-state index contributed by atoms with van der Waals surface area (Å²) in [7, 11) is 1.90. The minimum absolute atomic E-state index is 0.126. The first-order valence-corrected chi connectivity index (χ1v) is 9.83. The molecule has 3 heterocycles. The maximum Gasteiger partial charge on any atom is 0.238 e. The fourth-order valence-corrected chi connectivity index (χ4v) is 4.87. The molecule has 6 nitrogen and oxygen atoms in total. The maximum atomic E-state index is 12.6. The summed E-state index contributed by atoms with van der Waals surface area (Å²) >= 11 is 12.2. The number of amides is 1. The Morgan fingerprint density at radius 2 is 2.04 bits per heavy atom. The van der Waals surface area contributed by atoms with Crippen molar-refractivity contribution in [2.75, 3.05) is 11.9 Å². The van der Waals surface area contributed by atoms with Crippen LogP contribution in [0.4, 0.5) is 5.69 Å². The number of anilines is 1. The number of aromatic nitrogens is 2. The van der Waals surface area contributed by atoms with Crippen LogP contribution < -0.4 is 5.32 Å². The zero-order valence-corrected chi connectivity index (χ0v) is 16.5. The number of rotatable bonds is 4. The fraction of sp³-hybridized carbons (Fsp3) is 0.474. The van der Waals surface area contributed by atoms with E-state index in [2.05, 4.69) is 15.2 Å². The molecule has 2 fully saturated rings. The molecule has 2 bridgehead atoms. The van der Waals surface area contributed by atoms with Gasteiger partial charge in [0.05, 0.1) is 22.3 Å². The molecule has 4 rings (SSSR count). The second-order valence-electron chi connectivity index (χ2n) is 7.51.